The van der Waals surface area contributed by atoms with Gasteiger partial charge < -0.3 is 15.3 Å². The number of pyridine rings is 1. The molecule has 4 unspecified atom stereocenters. The van der Waals surface area contributed by atoms with Crippen molar-refractivity contribution in [2.75, 3.05) is 29.9 Å². The number of carbonyl (C=O) groups is 1. The number of aromatic nitrogens is 1. The van der Waals surface area contributed by atoms with Gasteiger partial charge in [0.05, 0.1) is 29.0 Å². The third kappa shape index (κ3) is 3.50. The minimum Gasteiger partial charge on any atom is -0.390 e. The molecule has 5 saturated carbocycles. The van der Waals surface area contributed by atoms with Gasteiger partial charge in [0.1, 0.15) is 5.69 Å². The molecular formula is C25H34ClN3O4S. The summed E-state index contributed by atoms with van der Waals surface area (Å²) in [5.41, 5.74) is 3.47. The van der Waals surface area contributed by atoms with Crippen molar-refractivity contribution >= 4 is 33.8 Å². The van der Waals surface area contributed by atoms with Crippen molar-refractivity contribution in [3.8, 4) is 0 Å². The van der Waals surface area contributed by atoms with Gasteiger partial charge in [0, 0.05) is 18.6 Å². The van der Waals surface area contributed by atoms with Crippen molar-refractivity contribution in [1.29, 1.82) is 0 Å². The standard InChI is InChI=1S/C25H33N3O4S.ClH/c29-23(28-3-5-33(31,32)6-4-28)22-21-18-2-1-17(8-18)20(21)19(13-26-22)27-24-9-15-7-16(10-24)12-25(30,11-15)14-24;/h13,15-18,27,30H,1-12,14H2;1H. The molecule has 7 aliphatic rings. The molecule has 6 bridgehead atoms. The minimum atomic E-state index is -3.03. The highest BCUT2D eigenvalue weighted by atomic mass is 35.5. The number of carbonyl (C=O) groups excluding carboxylic acids is 1. The first-order valence-corrected chi connectivity index (χ1v) is 14.6. The van der Waals surface area contributed by atoms with Crippen LogP contribution in [-0.2, 0) is 9.84 Å². The fourth-order valence-electron chi connectivity index (χ4n) is 8.88. The fourth-order valence-corrected chi connectivity index (χ4v) is 10.1. The Labute approximate surface area is 207 Å². The van der Waals surface area contributed by atoms with Gasteiger partial charge in [0.15, 0.2) is 9.84 Å². The number of rotatable bonds is 3. The van der Waals surface area contributed by atoms with E-state index in [0.29, 0.717) is 29.4 Å². The van der Waals surface area contributed by atoms with Gasteiger partial charge in [-0.1, -0.05) is 0 Å². The first-order chi connectivity index (χ1) is 15.7. The topological polar surface area (TPSA) is 99.6 Å². The summed E-state index contributed by atoms with van der Waals surface area (Å²) < 4.78 is 23.7. The van der Waals surface area contributed by atoms with E-state index in [9.17, 15) is 18.3 Å². The molecule has 6 aliphatic carbocycles. The number of amides is 1. The van der Waals surface area contributed by atoms with E-state index in [1.165, 1.54) is 12.0 Å². The molecule has 34 heavy (non-hydrogen) atoms. The number of nitrogens with one attached hydrogen (secondary N) is 1. The molecule has 1 aromatic heterocycles. The van der Waals surface area contributed by atoms with Crippen LogP contribution in [0.5, 0.6) is 0 Å². The Morgan fingerprint density at radius 3 is 2.32 bits per heavy atom. The van der Waals surface area contributed by atoms with Crippen molar-refractivity contribution in [3.63, 3.8) is 0 Å². The number of hydrogen-bond acceptors (Lipinski definition) is 6. The largest absolute Gasteiger partial charge is 0.390 e. The number of aliphatic hydroxyl groups is 1. The molecule has 1 aliphatic heterocycles. The van der Waals surface area contributed by atoms with Crippen LogP contribution in [-0.4, -0.2) is 65.1 Å². The molecular weight excluding hydrogens is 474 g/mol. The van der Waals surface area contributed by atoms with Crippen LogP contribution in [0.25, 0.3) is 0 Å². The molecule has 0 spiro atoms. The van der Waals surface area contributed by atoms with E-state index in [0.717, 1.165) is 62.6 Å². The van der Waals surface area contributed by atoms with E-state index >= 15 is 0 Å². The minimum absolute atomic E-state index is 0. The average Bonchev–Trinajstić information content (AvgIpc) is 3.34. The van der Waals surface area contributed by atoms with Crippen molar-refractivity contribution in [1.82, 2.24) is 9.88 Å². The van der Waals surface area contributed by atoms with Crippen molar-refractivity contribution < 1.29 is 18.3 Å². The maximum atomic E-state index is 13.4. The molecule has 1 saturated heterocycles. The van der Waals surface area contributed by atoms with Crippen LogP contribution < -0.4 is 5.32 Å². The lowest BCUT2D eigenvalue weighted by Gasteiger charge is -2.60. The van der Waals surface area contributed by atoms with Crippen molar-refractivity contribution in [3.05, 3.63) is 23.0 Å². The molecule has 2 heterocycles. The van der Waals surface area contributed by atoms with Gasteiger partial charge in [-0.05, 0) is 92.6 Å². The van der Waals surface area contributed by atoms with Gasteiger partial charge >= 0.3 is 0 Å². The van der Waals surface area contributed by atoms with Gasteiger partial charge in [0.2, 0.25) is 0 Å². The number of anilines is 1. The van der Waals surface area contributed by atoms with E-state index in [2.05, 4.69) is 5.32 Å². The molecule has 9 heteroatoms. The Balaban J connectivity index is 0.00000217. The summed E-state index contributed by atoms with van der Waals surface area (Å²) in [6.07, 6.45) is 11.4. The Bertz CT molecular complexity index is 1130. The van der Waals surface area contributed by atoms with E-state index in [-0.39, 0.29) is 48.4 Å². The monoisotopic (exact) mass is 507 g/mol. The SMILES string of the molecule is Cl.O=C(c1ncc(NC23CC4CC(CC(O)(C4)C2)C3)c2c1C1CCC2C1)N1CCS(=O)(=O)CC1. The molecule has 8 rings (SSSR count). The van der Waals surface area contributed by atoms with Crippen LogP contribution in [0.3, 0.4) is 0 Å². The summed E-state index contributed by atoms with van der Waals surface area (Å²) >= 11 is 0. The van der Waals surface area contributed by atoms with E-state index in [1.807, 2.05) is 6.20 Å². The number of fused-ring (bicyclic) bond motifs is 5. The van der Waals surface area contributed by atoms with E-state index in [1.54, 1.807) is 4.90 Å². The highest BCUT2D eigenvalue weighted by Gasteiger charge is 2.57. The molecule has 1 amide bonds. The van der Waals surface area contributed by atoms with Crippen LogP contribution >= 0.6 is 12.4 Å². The third-order valence-electron chi connectivity index (χ3n) is 9.67. The van der Waals surface area contributed by atoms with Gasteiger partial charge in [-0.25, -0.2) is 13.4 Å². The zero-order valence-electron chi connectivity index (χ0n) is 19.5. The van der Waals surface area contributed by atoms with Crippen molar-refractivity contribution in [2.24, 2.45) is 11.8 Å². The van der Waals surface area contributed by atoms with Gasteiger partial charge in [-0.15, -0.1) is 12.4 Å². The van der Waals surface area contributed by atoms with E-state index in [4.69, 9.17) is 4.98 Å². The number of halogens is 1. The average molecular weight is 508 g/mol. The molecule has 2 N–H and O–H groups in total. The molecule has 186 valence electrons. The molecule has 4 atom stereocenters. The van der Waals surface area contributed by atoms with Crippen LogP contribution in [0.1, 0.15) is 91.2 Å². The Kier molecular flexibility index (Phi) is 5.12. The summed E-state index contributed by atoms with van der Waals surface area (Å²) in [5, 5.41) is 15.1. The number of hydrogen-bond donors (Lipinski definition) is 2. The summed E-state index contributed by atoms with van der Waals surface area (Å²) in [6.45, 7) is 0.520. The smallest absolute Gasteiger partial charge is 0.272 e. The predicted molar refractivity (Wildman–Crippen MR) is 131 cm³/mol. The van der Waals surface area contributed by atoms with Gasteiger partial charge in [-0.2, -0.15) is 0 Å². The number of sulfone groups is 1. The van der Waals surface area contributed by atoms with Gasteiger partial charge in [0.25, 0.3) is 5.91 Å². The van der Waals surface area contributed by atoms with Gasteiger partial charge in [-0.3, -0.25) is 4.79 Å². The van der Waals surface area contributed by atoms with Crippen molar-refractivity contribution in [2.45, 2.75) is 80.8 Å². The lowest BCUT2D eigenvalue weighted by molar-refractivity contribution is -0.127. The summed E-state index contributed by atoms with van der Waals surface area (Å²) in [7, 11) is -3.03. The molecule has 7 nitrogen and oxygen atoms in total. The molecule has 1 aromatic rings. The number of nitrogens with zero attached hydrogens (tertiary/aromatic N) is 2. The second kappa shape index (κ2) is 7.56. The first kappa shape index (κ1) is 23.0. The van der Waals surface area contributed by atoms with Crippen LogP contribution in [0.15, 0.2) is 6.20 Å². The highest BCUT2D eigenvalue weighted by molar-refractivity contribution is 7.91. The zero-order valence-corrected chi connectivity index (χ0v) is 21.1. The Morgan fingerprint density at radius 2 is 1.68 bits per heavy atom. The molecule has 6 fully saturated rings. The molecule has 0 radical (unpaired) electrons. The molecule has 0 aromatic carbocycles. The second-order valence-electron chi connectivity index (χ2n) is 12.1. The normalized spacial score (nSPS) is 40.7. The van der Waals surface area contributed by atoms with Crippen LogP contribution in [0.2, 0.25) is 0 Å². The zero-order chi connectivity index (χ0) is 22.6. The first-order valence-electron chi connectivity index (χ1n) is 12.7. The predicted octanol–water partition coefficient (Wildman–Crippen LogP) is 3.23. The Morgan fingerprint density at radius 1 is 1.03 bits per heavy atom. The fraction of sp³-hybridized carbons (Fsp3) is 0.760. The third-order valence-corrected chi connectivity index (χ3v) is 11.3. The summed E-state index contributed by atoms with van der Waals surface area (Å²) in [4.78, 5) is 19.8. The van der Waals surface area contributed by atoms with Crippen LogP contribution in [0, 0.1) is 11.8 Å². The summed E-state index contributed by atoms with van der Waals surface area (Å²) in [6, 6.07) is 0. The lowest BCUT2D eigenvalue weighted by atomic mass is 9.51. The maximum absolute atomic E-state index is 13.4. The summed E-state index contributed by atoms with van der Waals surface area (Å²) in [5.74, 6) is 2.05. The quantitative estimate of drug-likeness (QED) is 0.651. The van der Waals surface area contributed by atoms with E-state index < -0.39 is 15.4 Å². The Hall–Kier alpha value is -1.38. The maximum Gasteiger partial charge on any atom is 0.272 e. The van der Waals surface area contributed by atoms with Crippen LogP contribution in [0.4, 0.5) is 5.69 Å². The second-order valence-corrected chi connectivity index (χ2v) is 14.4. The highest BCUT2D eigenvalue weighted by Crippen LogP contribution is 2.60. The lowest BCUT2D eigenvalue weighted by Crippen LogP contribution is -2.62.